The van der Waals surface area contributed by atoms with E-state index in [4.69, 9.17) is 0 Å². The molecule has 2 rings (SSSR count). The van der Waals surface area contributed by atoms with Crippen molar-refractivity contribution in [3.05, 3.63) is 0 Å². The first-order valence-corrected chi connectivity index (χ1v) is 7.12. The monoisotopic (exact) mass is 254 g/mol. The molecule has 1 heterocycles. The van der Waals surface area contributed by atoms with E-state index in [-0.39, 0.29) is 0 Å². The highest BCUT2D eigenvalue weighted by Crippen LogP contribution is 2.39. The van der Waals surface area contributed by atoms with Gasteiger partial charge in [-0.15, -0.1) is 0 Å². The topological polar surface area (TPSA) is 43.8 Å². The van der Waals surface area contributed by atoms with Gasteiger partial charge in [0.2, 0.25) is 0 Å². The number of hydrogen-bond acceptors (Lipinski definition) is 3. The van der Waals surface area contributed by atoms with Crippen molar-refractivity contribution in [3.63, 3.8) is 0 Å². The van der Waals surface area contributed by atoms with E-state index < -0.39 is 11.4 Å². The van der Waals surface area contributed by atoms with Crippen LogP contribution in [0.4, 0.5) is 0 Å². The minimum Gasteiger partial charge on any atom is -0.481 e. The first-order valence-electron chi connectivity index (χ1n) is 7.12. The lowest BCUT2D eigenvalue weighted by atomic mass is 9.85. The summed E-state index contributed by atoms with van der Waals surface area (Å²) in [6, 6.07) is 1.03. The Labute approximate surface area is 110 Å². The SMILES string of the molecule is CC1CN(CC2(C(=O)O)CCCC2)CC(C)N1C. The number of aliphatic carboxylic acids is 1. The molecule has 0 radical (unpaired) electrons. The summed E-state index contributed by atoms with van der Waals surface area (Å²) in [5, 5.41) is 9.54. The number of carboxylic acids is 1. The Kier molecular flexibility index (Phi) is 3.97. The van der Waals surface area contributed by atoms with Crippen molar-refractivity contribution >= 4 is 5.97 Å². The molecule has 0 aromatic rings. The molecule has 0 amide bonds. The molecule has 0 aromatic carbocycles. The third kappa shape index (κ3) is 2.54. The van der Waals surface area contributed by atoms with Crippen LogP contribution in [-0.4, -0.2) is 59.6 Å². The highest BCUT2D eigenvalue weighted by Gasteiger charge is 2.43. The van der Waals surface area contributed by atoms with Gasteiger partial charge in [-0.1, -0.05) is 12.8 Å². The van der Waals surface area contributed by atoms with Crippen LogP contribution in [0.15, 0.2) is 0 Å². The summed E-state index contributed by atoms with van der Waals surface area (Å²) in [6.45, 7) is 7.19. The summed E-state index contributed by atoms with van der Waals surface area (Å²) >= 11 is 0. The van der Waals surface area contributed by atoms with Gasteiger partial charge in [-0.25, -0.2) is 0 Å². The van der Waals surface area contributed by atoms with Gasteiger partial charge >= 0.3 is 5.97 Å². The van der Waals surface area contributed by atoms with Crippen molar-refractivity contribution < 1.29 is 9.90 Å². The molecule has 0 bridgehead atoms. The Bertz CT molecular complexity index is 301. The van der Waals surface area contributed by atoms with Crippen molar-refractivity contribution in [3.8, 4) is 0 Å². The van der Waals surface area contributed by atoms with Gasteiger partial charge in [0.25, 0.3) is 0 Å². The van der Waals surface area contributed by atoms with Crippen LogP contribution in [0.5, 0.6) is 0 Å². The predicted octanol–water partition coefficient (Wildman–Crippen LogP) is 1.66. The molecule has 1 saturated carbocycles. The van der Waals surface area contributed by atoms with E-state index in [1.54, 1.807) is 0 Å². The van der Waals surface area contributed by atoms with Crippen LogP contribution < -0.4 is 0 Å². The minimum absolute atomic E-state index is 0.463. The van der Waals surface area contributed by atoms with E-state index in [2.05, 4.69) is 30.7 Å². The largest absolute Gasteiger partial charge is 0.481 e. The molecule has 104 valence electrons. The molecule has 0 aromatic heterocycles. The number of carbonyl (C=O) groups is 1. The summed E-state index contributed by atoms with van der Waals surface area (Å²) in [4.78, 5) is 16.3. The Balaban J connectivity index is 2.02. The van der Waals surface area contributed by atoms with E-state index in [1.165, 1.54) is 0 Å². The second-order valence-corrected chi connectivity index (χ2v) is 6.35. The smallest absolute Gasteiger partial charge is 0.310 e. The van der Waals surface area contributed by atoms with Gasteiger partial charge in [0.05, 0.1) is 5.41 Å². The van der Waals surface area contributed by atoms with Crippen molar-refractivity contribution in [2.24, 2.45) is 5.41 Å². The third-order valence-electron chi connectivity index (χ3n) is 4.98. The summed E-state index contributed by atoms with van der Waals surface area (Å²) in [6.07, 6.45) is 3.87. The number of piperazine rings is 1. The molecule has 0 spiro atoms. The zero-order valence-corrected chi connectivity index (χ0v) is 11.9. The standard InChI is InChI=1S/C14H26N2O2/c1-11-8-16(9-12(2)15(11)3)10-14(13(17)18)6-4-5-7-14/h11-12H,4-10H2,1-3H3,(H,17,18). The maximum atomic E-state index is 11.6. The molecular weight excluding hydrogens is 228 g/mol. The second kappa shape index (κ2) is 5.17. The zero-order chi connectivity index (χ0) is 13.3. The predicted molar refractivity (Wildman–Crippen MR) is 71.7 cm³/mol. The van der Waals surface area contributed by atoms with E-state index in [9.17, 15) is 9.90 Å². The molecule has 18 heavy (non-hydrogen) atoms. The Morgan fingerprint density at radius 2 is 1.72 bits per heavy atom. The molecule has 2 fully saturated rings. The van der Waals surface area contributed by atoms with Crippen LogP contribution >= 0.6 is 0 Å². The fraction of sp³-hybridized carbons (Fsp3) is 0.929. The number of hydrogen-bond donors (Lipinski definition) is 1. The molecule has 1 N–H and O–H groups in total. The molecule has 2 atom stereocenters. The van der Waals surface area contributed by atoms with E-state index in [0.29, 0.717) is 12.1 Å². The average molecular weight is 254 g/mol. The van der Waals surface area contributed by atoms with Gasteiger partial charge in [-0.05, 0) is 33.7 Å². The van der Waals surface area contributed by atoms with Crippen LogP contribution in [0.2, 0.25) is 0 Å². The Morgan fingerprint density at radius 3 is 2.17 bits per heavy atom. The normalized spacial score (nSPS) is 33.7. The number of nitrogens with zero attached hydrogens (tertiary/aromatic N) is 2. The molecule has 2 aliphatic rings. The van der Waals surface area contributed by atoms with Crippen LogP contribution in [0, 0.1) is 5.41 Å². The number of likely N-dealkylation sites (N-methyl/N-ethyl adjacent to an activating group) is 1. The van der Waals surface area contributed by atoms with Crippen molar-refractivity contribution in [2.75, 3.05) is 26.7 Å². The molecule has 1 saturated heterocycles. The summed E-state index contributed by atoms with van der Waals surface area (Å²) in [5.41, 5.74) is -0.463. The highest BCUT2D eigenvalue weighted by atomic mass is 16.4. The van der Waals surface area contributed by atoms with Gasteiger partial charge in [0, 0.05) is 31.7 Å². The maximum absolute atomic E-state index is 11.6. The van der Waals surface area contributed by atoms with Gasteiger partial charge in [0.1, 0.15) is 0 Å². The van der Waals surface area contributed by atoms with Crippen molar-refractivity contribution in [2.45, 2.75) is 51.6 Å². The molecule has 4 nitrogen and oxygen atoms in total. The second-order valence-electron chi connectivity index (χ2n) is 6.35. The third-order valence-corrected chi connectivity index (χ3v) is 4.98. The molecular formula is C14H26N2O2. The van der Waals surface area contributed by atoms with Crippen LogP contribution in [0.3, 0.4) is 0 Å². The lowest BCUT2D eigenvalue weighted by molar-refractivity contribution is -0.150. The summed E-state index contributed by atoms with van der Waals surface area (Å²) < 4.78 is 0. The van der Waals surface area contributed by atoms with Crippen LogP contribution in [0.25, 0.3) is 0 Å². The summed E-state index contributed by atoms with van der Waals surface area (Å²) in [5.74, 6) is -0.584. The fourth-order valence-electron chi connectivity index (χ4n) is 3.56. The van der Waals surface area contributed by atoms with E-state index in [0.717, 1.165) is 45.3 Å². The summed E-state index contributed by atoms with van der Waals surface area (Å²) in [7, 11) is 2.16. The lowest BCUT2D eigenvalue weighted by Gasteiger charge is -2.44. The maximum Gasteiger partial charge on any atom is 0.310 e. The first kappa shape index (κ1) is 13.8. The molecule has 1 aliphatic carbocycles. The number of rotatable bonds is 3. The van der Waals surface area contributed by atoms with Crippen LogP contribution in [0.1, 0.15) is 39.5 Å². The zero-order valence-electron chi connectivity index (χ0n) is 11.9. The van der Waals surface area contributed by atoms with E-state index in [1.807, 2.05) is 0 Å². The molecule has 1 aliphatic heterocycles. The van der Waals surface area contributed by atoms with Crippen LogP contribution in [-0.2, 0) is 4.79 Å². The van der Waals surface area contributed by atoms with Gasteiger partial charge in [0.15, 0.2) is 0 Å². The Morgan fingerprint density at radius 1 is 1.22 bits per heavy atom. The molecule has 4 heteroatoms. The van der Waals surface area contributed by atoms with E-state index >= 15 is 0 Å². The van der Waals surface area contributed by atoms with Gasteiger partial charge < -0.3 is 5.11 Å². The van der Waals surface area contributed by atoms with Gasteiger partial charge in [-0.2, -0.15) is 0 Å². The first-order chi connectivity index (χ1) is 8.44. The van der Waals surface area contributed by atoms with Gasteiger partial charge in [-0.3, -0.25) is 14.6 Å². The minimum atomic E-state index is -0.584. The van der Waals surface area contributed by atoms with Crippen molar-refractivity contribution in [1.82, 2.24) is 9.80 Å². The quantitative estimate of drug-likeness (QED) is 0.832. The molecule has 2 unspecified atom stereocenters. The average Bonchev–Trinajstić information content (AvgIpc) is 2.75. The lowest BCUT2D eigenvalue weighted by Crippen LogP contribution is -2.57. The highest BCUT2D eigenvalue weighted by molar-refractivity contribution is 5.75. The number of carboxylic acid groups (broad SMARTS) is 1. The fourth-order valence-corrected chi connectivity index (χ4v) is 3.56. The van der Waals surface area contributed by atoms with Crippen molar-refractivity contribution in [1.29, 1.82) is 0 Å². The Hall–Kier alpha value is -0.610.